The molecule has 2 saturated heterocycles. The van der Waals surface area contributed by atoms with Gasteiger partial charge in [-0.3, -0.25) is 19.2 Å². The Bertz CT molecular complexity index is 1550. The van der Waals surface area contributed by atoms with Crippen molar-refractivity contribution >= 4 is 42.2 Å². The Kier molecular flexibility index (Phi) is 17.7. The van der Waals surface area contributed by atoms with E-state index < -0.39 is 42.7 Å². The number of fused-ring (bicyclic) bond motifs is 1. The third kappa shape index (κ3) is 13.5. The lowest BCUT2D eigenvalue weighted by Gasteiger charge is -2.31. The first kappa shape index (κ1) is 47.0. The number of rotatable bonds is 16. The Morgan fingerprint density at radius 3 is 1.18 bits per heavy atom. The van der Waals surface area contributed by atoms with Crippen molar-refractivity contribution in [1.82, 2.24) is 0 Å². The fourth-order valence-corrected chi connectivity index (χ4v) is 9.25. The summed E-state index contributed by atoms with van der Waals surface area (Å²) in [5.74, 6) is -2.93. The van der Waals surface area contributed by atoms with Crippen LogP contribution in [0.2, 0.25) is 0 Å². The normalized spacial score (nSPS) is 33.0. The topological polar surface area (TPSA) is 221 Å². The van der Waals surface area contributed by atoms with Crippen LogP contribution in [0.15, 0.2) is 12.7 Å². The molecule has 2 aliphatic heterocycles. The second-order valence-electron chi connectivity index (χ2n) is 17.2. The molecule has 0 amide bonds. The highest BCUT2D eigenvalue weighted by Gasteiger charge is 2.52. The van der Waals surface area contributed by atoms with E-state index in [0.29, 0.717) is 116 Å². The van der Waals surface area contributed by atoms with E-state index in [2.05, 4.69) is 11.3 Å². The van der Waals surface area contributed by atoms with Crippen molar-refractivity contribution in [3.63, 3.8) is 0 Å². The number of ether oxygens (including phenoxy) is 11. The summed E-state index contributed by atoms with van der Waals surface area (Å²) in [5.41, 5.74) is 0. The number of esters is 5. The van der Waals surface area contributed by atoms with Crippen molar-refractivity contribution in [3.05, 3.63) is 12.7 Å². The van der Waals surface area contributed by atoms with Crippen molar-refractivity contribution in [1.29, 1.82) is 0 Å². The molecule has 4 aliphatic carbocycles. The molecule has 18 heteroatoms. The minimum absolute atomic E-state index is 0.129. The Hall–Kier alpha value is -4.45. The Labute approximate surface area is 361 Å². The molecular formula is C44H62O18. The van der Waals surface area contributed by atoms with E-state index in [9.17, 15) is 33.6 Å². The molecule has 0 unspecified atom stereocenters. The highest BCUT2D eigenvalue weighted by Crippen LogP contribution is 2.36. The average Bonchev–Trinajstić information content (AvgIpc) is 3.88. The van der Waals surface area contributed by atoms with Crippen LogP contribution in [0.4, 0.5) is 9.59 Å². The van der Waals surface area contributed by atoms with Crippen LogP contribution >= 0.6 is 0 Å². The van der Waals surface area contributed by atoms with Gasteiger partial charge in [-0.2, -0.15) is 0 Å². The zero-order valence-electron chi connectivity index (χ0n) is 35.6. The lowest BCUT2D eigenvalue weighted by atomic mass is 9.86. The second kappa shape index (κ2) is 23.3. The van der Waals surface area contributed by atoms with Gasteiger partial charge in [-0.25, -0.2) is 14.4 Å². The van der Waals surface area contributed by atoms with Crippen molar-refractivity contribution in [2.45, 2.75) is 164 Å². The lowest BCUT2D eigenvalue weighted by molar-refractivity contribution is -0.164. The predicted octanol–water partition coefficient (Wildman–Crippen LogP) is 5.37. The number of unbranched alkanes of at least 4 members (excludes halogenated alkanes) is 1. The predicted molar refractivity (Wildman–Crippen MR) is 211 cm³/mol. The molecule has 4 saturated carbocycles. The first-order chi connectivity index (χ1) is 30.0. The van der Waals surface area contributed by atoms with Crippen molar-refractivity contribution in [3.8, 4) is 0 Å². The number of hydrogen-bond donors (Lipinski definition) is 0. The molecule has 4 atom stereocenters. The fourth-order valence-electron chi connectivity index (χ4n) is 9.25. The van der Waals surface area contributed by atoms with Gasteiger partial charge in [0.15, 0.2) is 12.2 Å². The van der Waals surface area contributed by atoms with Gasteiger partial charge < -0.3 is 52.1 Å². The highest BCUT2D eigenvalue weighted by molar-refractivity contribution is 5.81. The van der Waals surface area contributed by atoms with Crippen LogP contribution in [-0.4, -0.2) is 125 Å². The molecule has 6 aliphatic rings. The van der Waals surface area contributed by atoms with Crippen LogP contribution in [0.1, 0.15) is 116 Å². The third-order valence-electron chi connectivity index (χ3n) is 13.0. The molecule has 62 heavy (non-hydrogen) atoms. The fraction of sp³-hybridized carbons (Fsp3) is 0.795. The van der Waals surface area contributed by atoms with Crippen LogP contribution in [0.25, 0.3) is 0 Å². The van der Waals surface area contributed by atoms with E-state index in [1.54, 1.807) is 0 Å². The van der Waals surface area contributed by atoms with E-state index in [0.717, 1.165) is 6.08 Å². The summed E-state index contributed by atoms with van der Waals surface area (Å²) in [6, 6.07) is 0. The molecule has 0 aromatic rings. The molecule has 0 spiro atoms. The number of hydrogen-bond acceptors (Lipinski definition) is 18. The first-order valence-corrected chi connectivity index (χ1v) is 22.4. The van der Waals surface area contributed by atoms with E-state index in [1.165, 1.54) is 7.11 Å². The van der Waals surface area contributed by atoms with Crippen LogP contribution in [0.3, 0.4) is 0 Å². The molecule has 0 bridgehead atoms. The van der Waals surface area contributed by atoms with Gasteiger partial charge in [0, 0.05) is 6.08 Å². The maximum Gasteiger partial charge on any atom is 0.508 e. The summed E-state index contributed by atoms with van der Waals surface area (Å²) in [6.07, 6.45) is 5.82. The Morgan fingerprint density at radius 2 is 0.806 bits per heavy atom. The van der Waals surface area contributed by atoms with Crippen LogP contribution in [0.5, 0.6) is 0 Å². The van der Waals surface area contributed by atoms with E-state index in [1.807, 2.05) is 0 Å². The largest absolute Gasteiger partial charge is 0.508 e. The third-order valence-corrected chi connectivity index (χ3v) is 13.0. The quantitative estimate of drug-likeness (QED) is 0.0822. The van der Waals surface area contributed by atoms with Crippen LogP contribution in [0, 0.1) is 23.7 Å². The average molecular weight is 879 g/mol. The maximum absolute atomic E-state index is 13.2. The second-order valence-corrected chi connectivity index (χ2v) is 17.2. The molecule has 346 valence electrons. The minimum atomic E-state index is -0.758. The van der Waals surface area contributed by atoms with E-state index >= 15 is 0 Å². The van der Waals surface area contributed by atoms with E-state index in [-0.39, 0.29) is 98.4 Å². The minimum Gasteiger partial charge on any atom is -0.463 e. The standard InChI is InChI=1S/C44H62O18/c1-3-36(45)53-22-4-5-23-54-44(51)60-33-20-12-27(13-21-33)40(47)58-31-16-8-29(9-17-31)42(49)62-35-25-56-37-34(24-55-38(35)37)61-41(48)28-6-14-30(15-7-28)57-39(46)26-10-18-32(19-11-26)59-43(50)52-2/h3,26-35,37-38H,1,4-25H2,2H3/t26?,27?,28?,29?,30?,31?,32?,33?,34-,35+,37+,38+/m0/s1. The summed E-state index contributed by atoms with van der Waals surface area (Å²) in [6.45, 7) is 3.94. The first-order valence-electron chi connectivity index (χ1n) is 22.4. The zero-order chi connectivity index (χ0) is 44.0. The maximum atomic E-state index is 13.2. The summed E-state index contributed by atoms with van der Waals surface area (Å²) >= 11 is 0. The monoisotopic (exact) mass is 878 g/mol. The summed E-state index contributed by atoms with van der Waals surface area (Å²) < 4.78 is 60.4. The number of carbonyl (C=O) groups is 7. The van der Waals surface area contributed by atoms with Crippen LogP contribution in [-0.2, 0) is 76.1 Å². The molecule has 0 radical (unpaired) electrons. The summed E-state index contributed by atoms with van der Waals surface area (Å²) in [5, 5.41) is 0. The van der Waals surface area contributed by atoms with Crippen molar-refractivity contribution < 1.29 is 85.7 Å². The van der Waals surface area contributed by atoms with Gasteiger partial charge in [0.05, 0.1) is 57.2 Å². The molecule has 6 fully saturated rings. The van der Waals surface area contributed by atoms with Gasteiger partial charge in [0.2, 0.25) is 0 Å². The van der Waals surface area contributed by atoms with Gasteiger partial charge in [-0.1, -0.05) is 6.58 Å². The van der Waals surface area contributed by atoms with Crippen LogP contribution < -0.4 is 0 Å². The molecule has 0 N–H and O–H groups in total. The molecular weight excluding hydrogens is 816 g/mol. The van der Waals surface area contributed by atoms with Gasteiger partial charge in [0.25, 0.3) is 0 Å². The van der Waals surface area contributed by atoms with Gasteiger partial charge in [0.1, 0.15) is 36.6 Å². The molecule has 6 rings (SSSR count). The van der Waals surface area contributed by atoms with Gasteiger partial charge in [-0.05, 0) is 116 Å². The lowest BCUT2D eigenvalue weighted by Crippen LogP contribution is -2.39. The SMILES string of the molecule is C=CC(=O)OCCCCOC(=O)OC1CCC(C(=O)OC2CCC(C(=O)O[C@@H]3CO[C@H]4[C@@H]3OC[C@@H]4OC(=O)C3CCC(OC(=O)C4CCC(OC(=O)OC)CC4)CC3)CC2)CC1. The molecule has 0 aromatic heterocycles. The number of carbonyl (C=O) groups excluding carboxylic acids is 7. The summed E-state index contributed by atoms with van der Waals surface area (Å²) in [4.78, 5) is 86.7. The summed E-state index contributed by atoms with van der Waals surface area (Å²) in [7, 11) is 1.26. The highest BCUT2D eigenvalue weighted by atomic mass is 16.7. The van der Waals surface area contributed by atoms with E-state index in [4.69, 9.17) is 47.4 Å². The Balaban J connectivity index is 0.807. The number of methoxy groups -OCH3 is 1. The Morgan fingerprint density at radius 1 is 0.468 bits per heavy atom. The van der Waals surface area contributed by atoms with Crippen molar-refractivity contribution in [2.75, 3.05) is 33.5 Å². The molecule has 18 nitrogen and oxygen atoms in total. The van der Waals surface area contributed by atoms with Gasteiger partial charge >= 0.3 is 42.2 Å². The van der Waals surface area contributed by atoms with Crippen molar-refractivity contribution in [2.24, 2.45) is 23.7 Å². The zero-order valence-corrected chi connectivity index (χ0v) is 35.6. The smallest absolute Gasteiger partial charge is 0.463 e. The molecule has 2 heterocycles. The van der Waals surface area contributed by atoms with Gasteiger partial charge in [-0.15, -0.1) is 0 Å². The molecule has 0 aromatic carbocycles.